The van der Waals surface area contributed by atoms with Crippen LogP contribution in [0.4, 0.5) is 0 Å². The van der Waals surface area contributed by atoms with E-state index in [2.05, 4.69) is 17.2 Å². The zero-order chi connectivity index (χ0) is 12.2. The van der Waals surface area contributed by atoms with Crippen molar-refractivity contribution in [2.45, 2.75) is 51.9 Å². The molecule has 0 unspecified atom stereocenters. The maximum Gasteiger partial charge on any atom is 0.332 e. The predicted octanol–water partition coefficient (Wildman–Crippen LogP) is 1.87. The molecular weight excluding hydrogens is 210 g/mol. The van der Waals surface area contributed by atoms with Gasteiger partial charge in [-0.3, -0.25) is 9.63 Å². The minimum absolute atomic E-state index is 0.253. The fraction of sp³-hybridized carbons (Fsp3) is 0.818. The number of unbranched alkanes of at least 4 members (excludes halogenated alkanes) is 5. The molecule has 0 bridgehead atoms. The zero-order valence-corrected chi connectivity index (χ0v) is 9.83. The monoisotopic (exact) mass is 231 g/mol. The summed E-state index contributed by atoms with van der Waals surface area (Å²) in [4.78, 5) is 25.6. The fourth-order valence-electron chi connectivity index (χ4n) is 1.30. The van der Waals surface area contributed by atoms with E-state index >= 15 is 0 Å². The molecule has 0 aromatic carbocycles. The standard InChI is InChI=1S/C11H21NO4/c1-2-3-4-5-6-7-8-10(13)12-16-9-11(14)15/h2-9H2,1H3,(H,12,13)(H,14,15). The first kappa shape index (κ1) is 14.9. The van der Waals surface area contributed by atoms with Crippen LogP contribution in [0, 0.1) is 0 Å². The lowest BCUT2D eigenvalue weighted by Gasteiger charge is -2.03. The summed E-state index contributed by atoms with van der Waals surface area (Å²) < 4.78 is 0. The highest BCUT2D eigenvalue weighted by atomic mass is 16.7. The summed E-state index contributed by atoms with van der Waals surface area (Å²) >= 11 is 0. The molecule has 0 fully saturated rings. The van der Waals surface area contributed by atoms with Crippen molar-refractivity contribution >= 4 is 11.9 Å². The van der Waals surface area contributed by atoms with Crippen molar-refractivity contribution in [3.63, 3.8) is 0 Å². The van der Waals surface area contributed by atoms with Gasteiger partial charge in [-0.1, -0.05) is 39.0 Å². The van der Waals surface area contributed by atoms with Gasteiger partial charge in [-0.05, 0) is 6.42 Å². The van der Waals surface area contributed by atoms with Crippen molar-refractivity contribution in [3.05, 3.63) is 0 Å². The molecule has 0 radical (unpaired) electrons. The summed E-state index contributed by atoms with van der Waals surface area (Å²) in [5.74, 6) is -1.35. The van der Waals surface area contributed by atoms with Gasteiger partial charge in [0.25, 0.3) is 0 Å². The number of hydrogen-bond donors (Lipinski definition) is 2. The third-order valence-corrected chi connectivity index (χ3v) is 2.14. The van der Waals surface area contributed by atoms with Gasteiger partial charge in [0.15, 0.2) is 6.61 Å². The number of carboxylic acids is 1. The van der Waals surface area contributed by atoms with E-state index in [0.717, 1.165) is 19.3 Å². The Morgan fingerprint density at radius 1 is 1.12 bits per heavy atom. The third-order valence-electron chi connectivity index (χ3n) is 2.14. The van der Waals surface area contributed by atoms with Crippen LogP contribution in [0.2, 0.25) is 0 Å². The van der Waals surface area contributed by atoms with Crippen LogP contribution >= 0.6 is 0 Å². The molecule has 94 valence electrons. The number of hydrogen-bond acceptors (Lipinski definition) is 3. The highest BCUT2D eigenvalue weighted by Gasteiger charge is 2.02. The van der Waals surface area contributed by atoms with Crippen molar-refractivity contribution in [3.8, 4) is 0 Å². The maximum atomic E-state index is 11.1. The van der Waals surface area contributed by atoms with Gasteiger partial charge in [0, 0.05) is 6.42 Å². The van der Waals surface area contributed by atoms with E-state index in [4.69, 9.17) is 5.11 Å². The van der Waals surface area contributed by atoms with E-state index in [1.54, 1.807) is 0 Å². The summed E-state index contributed by atoms with van der Waals surface area (Å²) in [6.07, 6.45) is 7.08. The first-order chi connectivity index (χ1) is 7.66. The SMILES string of the molecule is CCCCCCCCC(=O)NOCC(=O)O. The van der Waals surface area contributed by atoms with E-state index in [1.165, 1.54) is 19.3 Å². The van der Waals surface area contributed by atoms with Crippen LogP contribution in [0.25, 0.3) is 0 Å². The van der Waals surface area contributed by atoms with Gasteiger partial charge in [-0.2, -0.15) is 0 Å². The molecule has 0 aliphatic carbocycles. The van der Waals surface area contributed by atoms with E-state index < -0.39 is 12.6 Å². The Morgan fingerprint density at radius 2 is 1.75 bits per heavy atom. The topological polar surface area (TPSA) is 75.6 Å². The lowest BCUT2D eigenvalue weighted by atomic mass is 10.1. The van der Waals surface area contributed by atoms with Crippen molar-refractivity contribution in [1.29, 1.82) is 0 Å². The number of carbonyl (C=O) groups excluding carboxylic acids is 1. The van der Waals surface area contributed by atoms with Gasteiger partial charge in [0.2, 0.25) is 5.91 Å². The largest absolute Gasteiger partial charge is 0.479 e. The summed E-state index contributed by atoms with van der Waals surface area (Å²) in [6.45, 7) is 1.66. The number of nitrogens with one attached hydrogen (secondary N) is 1. The highest BCUT2D eigenvalue weighted by molar-refractivity contribution is 5.75. The molecule has 0 saturated carbocycles. The molecule has 5 nitrogen and oxygen atoms in total. The summed E-state index contributed by atoms with van der Waals surface area (Å²) in [7, 11) is 0. The summed E-state index contributed by atoms with van der Waals surface area (Å²) in [6, 6.07) is 0. The number of carbonyl (C=O) groups is 2. The molecule has 0 aromatic heterocycles. The number of carboxylic acid groups (broad SMARTS) is 1. The lowest BCUT2D eigenvalue weighted by molar-refractivity contribution is -0.149. The number of amides is 1. The van der Waals surface area contributed by atoms with Gasteiger partial charge >= 0.3 is 5.97 Å². The molecule has 1 amide bonds. The summed E-state index contributed by atoms with van der Waals surface area (Å²) in [5.41, 5.74) is 2.10. The highest BCUT2D eigenvalue weighted by Crippen LogP contribution is 2.06. The van der Waals surface area contributed by atoms with Gasteiger partial charge in [-0.15, -0.1) is 0 Å². The van der Waals surface area contributed by atoms with E-state index in [9.17, 15) is 9.59 Å². The van der Waals surface area contributed by atoms with Crippen LogP contribution in [0.5, 0.6) is 0 Å². The van der Waals surface area contributed by atoms with Crippen LogP contribution < -0.4 is 5.48 Å². The average molecular weight is 231 g/mol. The second kappa shape index (κ2) is 10.4. The Balaban J connectivity index is 3.20. The molecule has 5 heteroatoms. The van der Waals surface area contributed by atoms with Crippen LogP contribution in [0.3, 0.4) is 0 Å². The quantitative estimate of drug-likeness (QED) is 0.444. The Kier molecular flexibility index (Phi) is 9.70. The Bertz CT molecular complexity index is 206. The molecule has 0 atom stereocenters. The number of aliphatic carboxylic acids is 1. The number of hydroxylamine groups is 1. The molecule has 0 aliphatic heterocycles. The second-order valence-electron chi connectivity index (χ2n) is 3.73. The van der Waals surface area contributed by atoms with E-state index in [-0.39, 0.29) is 5.91 Å². The van der Waals surface area contributed by atoms with Gasteiger partial charge in [-0.25, -0.2) is 10.3 Å². The van der Waals surface area contributed by atoms with Crippen molar-refractivity contribution < 1.29 is 19.5 Å². The molecule has 0 heterocycles. The summed E-state index contributed by atoms with van der Waals surface area (Å²) in [5, 5.41) is 8.25. The molecule has 0 spiro atoms. The van der Waals surface area contributed by atoms with Crippen LogP contribution in [0.1, 0.15) is 51.9 Å². The molecule has 0 rings (SSSR count). The lowest BCUT2D eigenvalue weighted by Crippen LogP contribution is -2.26. The van der Waals surface area contributed by atoms with Crippen LogP contribution in [-0.4, -0.2) is 23.6 Å². The van der Waals surface area contributed by atoms with E-state index in [0.29, 0.717) is 6.42 Å². The third kappa shape index (κ3) is 11.0. The minimum Gasteiger partial charge on any atom is -0.479 e. The normalized spacial score (nSPS) is 10.1. The number of rotatable bonds is 10. The Morgan fingerprint density at radius 3 is 2.38 bits per heavy atom. The first-order valence-electron chi connectivity index (χ1n) is 5.79. The molecule has 16 heavy (non-hydrogen) atoms. The fourth-order valence-corrected chi connectivity index (χ4v) is 1.30. The Labute approximate surface area is 96.1 Å². The molecule has 0 aliphatic rings. The molecule has 0 saturated heterocycles. The maximum absolute atomic E-state index is 11.1. The van der Waals surface area contributed by atoms with Crippen molar-refractivity contribution in [2.24, 2.45) is 0 Å². The molecule has 0 aromatic rings. The van der Waals surface area contributed by atoms with E-state index in [1.807, 2.05) is 0 Å². The predicted molar refractivity (Wildman–Crippen MR) is 59.7 cm³/mol. The van der Waals surface area contributed by atoms with Crippen LogP contribution in [-0.2, 0) is 14.4 Å². The van der Waals surface area contributed by atoms with Crippen molar-refractivity contribution in [1.82, 2.24) is 5.48 Å². The van der Waals surface area contributed by atoms with Crippen LogP contribution in [0.15, 0.2) is 0 Å². The second-order valence-corrected chi connectivity index (χ2v) is 3.73. The first-order valence-corrected chi connectivity index (χ1v) is 5.79. The Hall–Kier alpha value is -1.10. The van der Waals surface area contributed by atoms with Gasteiger partial charge in [0.1, 0.15) is 0 Å². The minimum atomic E-state index is -1.10. The smallest absolute Gasteiger partial charge is 0.332 e. The van der Waals surface area contributed by atoms with Gasteiger partial charge < -0.3 is 5.11 Å². The zero-order valence-electron chi connectivity index (χ0n) is 9.83. The van der Waals surface area contributed by atoms with Gasteiger partial charge in [0.05, 0.1) is 0 Å². The molecule has 2 N–H and O–H groups in total. The molecular formula is C11H21NO4. The van der Waals surface area contributed by atoms with Crippen molar-refractivity contribution in [2.75, 3.05) is 6.61 Å². The average Bonchev–Trinajstić information content (AvgIpc) is 2.22.